The van der Waals surface area contributed by atoms with E-state index in [4.69, 9.17) is 0 Å². The molecule has 2 saturated carbocycles. The highest BCUT2D eigenvalue weighted by Crippen LogP contribution is 2.26. The molecule has 2 aliphatic carbocycles. The summed E-state index contributed by atoms with van der Waals surface area (Å²) >= 11 is 0. The molecule has 2 aliphatic rings. The fourth-order valence-corrected chi connectivity index (χ4v) is 2.18. The Hall–Kier alpha value is -0.0800. The Bertz CT molecular complexity index is 145. The predicted molar refractivity (Wildman–Crippen MR) is 49.0 cm³/mol. The van der Waals surface area contributed by atoms with Crippen LogP contribution in [0.25, 0.3) is 0 Å². The topological polar surface area (TPSA) is 32.3 Å². The summed E-state index contributed by atoms with van der Waals surface area (Å²) in [7, 11) is 0. The van der Waals surface area contributed by atoms with Gasteiger partial charge in [0.25, 0.3) is 0 Å². The monoisotopic (exact) mass is 169 g/mol. The number of nitrogens with one attached hydrogen (secondary N) is 1. The van der Waals surface area contributed by atoms with Gasteiger partial charge < -0.3 is 10.4 Å². The smallest absolute Gasteiger partial charge is 0.0543 e. The standard InChI is InChI=1S/C10H19NO/c12-10-5-4-8(6-10)7-11-9-2-1-3-9/h8-12H,1-7H2. The molecular formula is C10H19NO. The lowest BCUT2D eigenvalue weighted by atomic mass is 9.92. The molecule has 2 nitrogen and oxygen atoms in total. The molecule has 0 spiro atoms. The van der Waals surface area contributed by atoms with E-state index in [2.05, 4.69) is 5.32 Å². The first-order valence-corrected chi connectivity index (χ1v) is 5.26. The summed E-state index contributed by atoms with van der Waals surface area (Å²) in [5.41, 5.74) is 0. The van der Waals surface area contributed by atoms with Crippen molar-refractivity contribution in [2.24, 2.45) is 5.92 Å². The Morgan fingerprint density at radius 1 is 1.17 bits per heavy atom. The summed E-state index contributed by atoms with van der Waals surface area (Å²) < 4.78 is 0. The van der Waals surface area contributed by atoms with Crippen molar-refractivity contribution in [2.75, 3.05) is 6.54 Å². The summed E-state index contributed by atoms with van der Waals surface area (Å²) in [6.45, 7) is 1.14. The van der Waals surface area contributed by atoms with Crippen LogP contribution >= 0.6 is 0 Å². The first-order valence-electron chi connectivity index (χ1n) is 5.26. The lowest BCUT2D eigenvalue weighted by Crippen LogP contribution is -2.37. The zero-order valence-electron chi connectivity index (χ0n) is 7.63. The highest BCUT2D eigenvalue weighted by Gasteiger charge is 2.24. The van der Waals surface area contributed by atoms with E-state index in [0.717, 1.165) is 31.3 Å². The Balaban J connectivity index is 1.60. The third kappa shape index (κ3) is 1.99. The average molecular weight is 169 g/mol. The summed E-state index contributed by atoms with van der Waals surface area (Å²) in [4.78, 5) is 0. The van der Waals surface area contributed by atoms with E-state index in [1.165, 1.54) is 25.7 Å². The van der Waals surface area contributed by atoms with Crippen molar-refractivity contribution in [1.82, 2.24) is 5.32 Å². The molecule has 2 heteroatoms. The number of rotatable bonds is 3. The second-order valence-corrected chi connectivity index (χ2v) is 4.37. The molecule has 0 radical (unpaired) electrons. The van der Waals surface area contributed by atoms with Gasteiger partial charge in [0, 0.05) is 6.04 Å². The van der Waals surface area contributed by atoms with Crippen molar-refractivity contribution in [1.29, 1.82) is 0 Å². The maximum absolute atomic E-state index is 9.31. The molecule has 0 aromatic heterocycles. The van der Waals surface area contributed by atoms with Crippen LogP contribution < -0.4 is 5.32 Å². The Morgan fingerprint density at radius 2 is 2.00 bits per heavy atom. The van der Waals surface area contributed by atoms with Crippen molar-refractivity contribution in [2.45, 2.75) is 50.7 Å². The maximum Gasteiger partial charge on any atom is 0.0543 e. The van der Waals surface area contributed by atoms with Crippen LogP contribution in [0.4, 0.5) is 0 Å². The van der Waals surface area contributed by atoms with E-state index in [0.29, 0.717) is 0 Å². The van der Waals surface area contributed by atoms with Crippen LogP contribution in [0, 0.1) is 5.92 Å². The number of aliphatic hydroxyl groups excluding tert-OH is 1. The van der Waals surface area contributed by atoms with E-state index < -0.39 is 0 Å². The molecule has 0 bridgehead atoms. The molecular weight excluding hydrogens is 150 g/mol. The Labute approximate surface area is 74.4 Å². The highest BCUT2D eigenvalue weighted by molar-refractivity contribution is 4.81. The third-order valence-corrected chi connectivity index (χ3v) is 3.31. The van der Waals surface area contributed by atoms with Gasteiger partial charge in [-0.05, 0) is 44.6 Å². The SMILES string of the molecule is OC1CCC(CNC2CCC2)C1. The quantitative estimate of drug-likeness (QED) is 0.667. The fraction of sp³-hybridized carbons (Fsp3) is 1.00. The van der Waals surface area contributed by atoms with Crippen molar-refractivity contribution in [3.05, 3.63) is 0 Å². The average Bonchev–Trinajstić information content (AvgIpc) is 2.32. The molecule has 2 rings (SSSR count). The number of aliphatic hydroxyl groups is 1. The zero-order chi connectivity index (χ0) is 8.39. The molecule has 2 fully saturated rings. The van der Waals surface area contributed by atoms with Crippen LogP contribution in [0.2, 0.25) is 0 Å². The van der Waals surface area contributed by atoms with Crippen LogP contribution in [-0.4, -0.2) is 23.8 Å². The Kier molecular flexibility index (Phi) is 2.66. The number of hydrogen-bond donors (Lipinski definition) is 2. The molecule has 0 aliphatic heterocycles. The zero-order valence-corrected chi connectivity index (χ0v) is 7.63. The Morgan fingerprint density at radius 3 is 2.50 bits per heavy atom. The van der Waals surface area contributed by atoms with Gasteiger partial charge in [-0.25, -0.2) is 0 Å². The maximum atomic E-state index is 9.31. The number of hydrogen-bond acceptors (Lipinski definition) is 2. The second-order valence-electron chi connectivity index (χ2n) is 4.37. The van der Waals surface area contributed by atoms with E-state index in [1.54, 1.807) is 0 Å². The fourth-order valence-electron chi connectivity index (χ4n) is 2.18. The largest absolute Gasteiger partial charge is 0.393 e. The van der Waals surface area contributed by atoms with Crippen molar-refractivity contribution < 1.29 is 5.11 Å². The van der Waals surface area contributed by atoms with Crippen LogP contribution in [0.1, 0.15) is 38.5 Å². The molecule has 2 atom stereocenters. The molecule has 70 valence electrons. The minimum absolute atomic E-state index is 0.00168. The minimum atomic E-state index is -0.00168. The predicted octanol–water partition coefficient (Wildman–Crippen LogP) is 1.29. The molecule has 0 aromatic carbocycles. The summed E-state index contributed by atoms with van der Waals surface area (Å²) in [5, 5.41) is 12.9. The van der Waals surface area contributed by atoms with E-state index >= 15 is 0 Å². The van der Waals surface area contributed by atoms with Crippen LogP contribution in [-0.2, 0) is 0 Å². The van der Waals surface area contributed by atoms with Gasteiger partial charge in [0.15, 0.2) is 0 Å². The van der Waals surface area contributed by atoms with Gasteiger partial charge >= 0.3 is 0 Å². The summed E-state index contributed by atoms with van der Waals surface area (Å²) in [6, 6.07) is 0.808. The summed E-state index contributed by atoms with van der Waals surface area (Å²) in [6.07, 6.45) is 7.42. The van der Waals surface area contributed by atoms with Gasteiger partial charge in [0.05, 0.1) is 6.10 Å². The lowest BCUT2D eigenvalue weighted by Gasteiger charge is -2.27. The molecule has 0 saturated heterocycles. The normalized spacial score (nSPS) is 36.8. The minimum Gasteiger partial charge on any atom is -0.393 e. The molecule has 0 amide bonds. The van der Waals surface area contributed by atoms with Crippen LogP contribution in [0.15, 0.2) is 0 Å². The van der Waals surface area contributed by atoms with Crippen molar-refractivity contribution in [3.8, 4) is 0 Å². The third-order valence-electron chi connectivity index (χ3n) is 3.31. The molecule has 2 N–H and O–H groups in total. The van der Waals surface area contributed by atoms with E-state index in [9.17, 15) is 5.11 Å². The van der Waals surface area contributed by atoms with Gasteiger partial charge in [0.1, 0.15) is 0 Å². The van der Waals surface area contributed by atoms with E-state index in [-0.39, 0.29) is 6.10 Å². The van der Waals surface area contributed by atoms with E-state index in [1.807, 2.05) is 0 Å². The first kappa shape index (κ1) is 8.52. The molecule has 12 heavy (non-hydrogen) atoms. The van der Waals surface area contributed by atoms with Gasteiger partial charge in [-0.2, -0.15) is 0 Å². The van der Waals surface area contributed by atoms with Gasteiger partial charge in [-0.3, -0.25) is 0 Å². The van der Waals surface area contributed by atoms with Gasteiger partial charge in [-0.15, -0.1) is 0 Å². The van der Waals surface area contributed by atoms with Gasteiger partial charge in [0.2, 0.25) is 0 Å². The first-order chi connectivity index (χ1) is 5.84. The van der Waals surface area contributed by atoms with Crippen molar-refractivity contribution in [3.63, 3.8) is 0 Å². The lowest BCUT2D eigenvalue weighted by molar-refractivity contribution is 0.176. The molecule has 0 aromatic rings. The highest BCUT2D eigenvalue weighted by atomic mass is 16.3. The molecule has 0 heterocycles. The van der Waals surface area contributed by atoms with Crippen LogP contribution in [0.5, 0.6) is 0 Å². The second kappa shape index (κ2) is 3.75. The molecule has 2 unspecified atom stereocenters. The van der Waals surface area contributed by atoms with Crippen LogP contribution in [0.3, 0.4) is 0 Å². The summed E-state index contributed by atoms with van der Waals surface area (Å²) in [5.74, 6) is 0.751. The van der Waals surface area contributed by atoms with Crippen molar-refractivity contribution >= 4 is 0 Å². The van der Waals surface area contributed by atoms with Gasteiger partial charge in [-0.1, -0.05) is 6.42 Å².